The molecule has 1 amide bonds. The third kappa shape index (κ3) is 5.66. The molecular weight excluding hydrogens is 449 g/mol. The summed E-state index contributed by atoms with van der Waals surface area (Å²) in [5.41, 5.74) is 0.716. The summed E-state index contributed by atoms with van der Waals surface area (Å²) in [6.45, 7) is 0. The van der Waals surface area contributed by atoms with Crippen molar-refractivity contribution in [3.8, 4) is 11.3 Å². The van der Waals surface area contributed by atoms with Gasteiger partial charge in [-0.2, -0.15) is 0 Å². The Hall–Kier alpha value is -3.20. The Kier molecular flexibility index (Phi) is 6.83. The summed E-state index contributed by atoms with van der Waals surface area (Å²) in [5.74, 6) is 0.427. The minimum absolute atomic E-state index is 0.0762. The lowest BCUT2D eigenvalue weighted by atomic mass is 10.2. The van der Waals surface area contributed by atoms with Gasteiger partial charge in [0.1, 0.15) is 17.2 Å². The van der Waals surface area contributed by atoms with Gasteiger partial charge in [-0.05, 0) is 54.7 Å². The molecule has 7 nitrogen and oxygen atoms in total. The Bertz CT molecular complexity index is 1140. The number of halogens is 2. The van der Waals surface area contributed by atoms with E-state index in [1.54, 1.807) is 36.4 Å². The molecule has 3 rings (SSSR count). The van der Waals surface area contributed by atoms with E-state index in [4.69, 9.17) is 39.8 Å². The summed E-state index contributed by atoms with van der Waals surface area (Å²) in [5, 5.41) is 16.9. The highest BCUT2D eigenvalue weighted by molar-refractivity contribution is 7.80. The number of thiocarbonyl (C=S) groups is 1. The number of anilines is 1. The molecule has 0 aliphatic carbocycles. The largest absolute Gasteiger partial charge is 0.457 e. The standard InChI is InChI=1S/C20H13Cl2N3O4S/c21-13-9-12(10-14(22)11-13)18-7-5-15(29-18)6-8-19(26)24-20(30)23-16-3-1-2-4-17(16)25(27)28/h1-11H,(H2,23,24,26,30)/b8-6+. The second-order valence-corrected chi connectivity index (χ2v) is 7.19. The molecule has 1 aromatic heterocycles. The van der Waals surface area contributed by atoms with Gasteiger partial charge in [0.25, 0.3) is 5.69 Å². The fourth-order valence-corrected chi connectivity index (χ4v) is 3.23. The Morgan fingerprint density at radius 1 is 1.10 bits per heavy atom. The fraction of sp³-hybridized carbons (Fsp3) is 0. The van der Waals surface area contributed by atoms with Gasteiger partial charge in [-0.15, -0.1) is 0 Å². The Morgan fingerprint density at radius 3 is 2.50 bits per heavy atom. The summed E-state index contributed by atoms with van der Waals surface area (Å²) in [4.78, 5) is 22.5. The molecule has 0 saturated heterocycles. The van der Waals surface area contributed by atoms with Crippen molar-refractivity contribution in [2.75, 3.05) is 5.32 Å². The van der Waals surface area contributed by atoms with Gasteiger partial charge in [-0.3, -0.25) is 20.2 Å². The van der Waals surface area contributed by atoms with Gasteiger partial charge in [0.05, 0.1) is 4.92 Å². The van der Waals surface area contributed by atoms with E-state index >= 15 is 0 Å². The highest BCUT2D eigenvalue weighted by atomic mass is 35.5. The number of nitro benzene ring substituents is 1. The van der Waals surface area contributed by atoms with Crippen molar-refractivity contribution in [2.24, 2.45) is 0 Å². The number of nitro groups is 1. The lowest BCUT2D eigenvalue weighted by Gasteiger charge is -2.08. The number of amides is 1. The summed E-state index contributed by atoms with van der Waals surface area (Å²) in [6, 6.07) is 14.4. The Labute approximate surface area is 186 Å². The number of nitrogens with one attached hydrogen (secondary N) is 2. The van der Waals surface area contributed by atoms with Crippen molar-refractivity contribution in [1.82, 2.24) is 5.32 Å². The number of rotatable bonds is 5. The number of carbonyl (C=O) groups is 1. The molecule has 0 aliphatic heterocycles. The average molecular weight is 462 g/mol. The van der Waals surface area contributed by atoms with Crippen LogP contribution in [0.2, 0.25) is 10.0 Å². The van der Waals surface area contributed by atoms with Gasteiger partial charge in [0.15, 0.2) is 5.11 Å². The first-order valence-electron chi connectivity index (χ1n) is 8.41. The highest BCUT2D eigenvalue weighted by Gasteiger charge is 2.14. The lowest BCUT2D eigenvalue weighted by molar-refractivity contribution is -0.383. The van der Waals surface area contributed by atoms with Crippen LogP contribution in [0.15, 0.2) is 65.1 Å². The van der Waals surface area contributed by atoms with Gasteiger partial charge in [-0.25, -0.2) is 0 Å². The third-order valence-electron chi connectivity index (χ3n) is 3.76. The maximum Gasteiger partial charge on any atom is 0.292 e. The summed E-state index contributed by atoms with van der Waals surface area (Å²) < 4.78 is 5.67. The third-order valence-corrected chi connectivity index (χ3v) is 4.40. The molecule has 3 aromatic rings. The average Bonchev–Trinajstić information content (AvgIpc) is 3.15. The molecule has 2 N–H and O–H groups in total. The van der Waals surface area contributed by atoms with E-state index in [2.05, 4.69) is 10.6 Å². The lowest BCUT2D eigenvalue weighted by Crippen LogP contribution is -2.33. The van der Waals surface area contributed by atoms with E-state index in [9.17, 15) is 14.9 Å². The van der Waals surface area contributed by atoms with Crippen LogP contribution < -0.4 is 10.6 Å². The van der Waals surface area contributed by atoms with Crippen LogP contribution in [0, 0.1) is 10.1 Å². The van der Waals surface area contributed by atoms with E-state index in [1.165, 1.54) is 30.4 Å². The fourth-order valence-electron chi connectivity index (χ4n) is 2.50. The molecule has 2 aromatic carbocycles. The minimum atomic E-state index is -0.547. The van der Waals surface area contributed by atoms with Crippen molar-refractivity contribution >= 4 is 63.9 Å². The molecule has 0 saturated carbocycles. The maximum atomic E-state index is 12.1. The number of benzene rings is 2. The number of carbonyl (C=O) groups excluding carboxylic acids is 1. The Balaban J connectivity index is 1.62. The highest BCUT2D eigenvalue weighted by Crippen LogP contribution is 2.29. The SMILES string of the molecule is O=C(/C=C/c1ccc(-c2cc(Cl)cc(Cl)c2)o1)NC(=S)Nc1ccccc1[N+](=O)[O-]. The monoisotopic (exact) mass is 461 g/mol. The predicted molar refractivity (Wildman–Crippen MR) is 121 cm³/mol. The zero-order valence-electron chi connectivity index (χ0n) is 15.1. The molecule has 0 bridgehead atoms. The summed E-state index contributed by atoms with van der Waals surface area (Å²) in [7, 11) is 0. The molecule has 0 radical (unpaired) electrons. The van der Waals surface area contributed by atoms with Crippen LogP contribution in [0.1, 0.15) is 5.76 Å². The first-order chi connectivity index (χ1) is 14.3. The van der Waals surface area contributed by atoms with Crippen LogP contribution in [0.25, 0.3) is 17.4 Å². The molecule has 1 heterocycles. The topological polar surface area (TPSA) is 97.4 Å². The minimum Gasteiger partial charge on any atom is -0.457 e. The number of nitrogens with zero attached hydrogens (tertiary/aromatic N) is 1. The number of para-hydroxylation sites is 2. The molecule has 0 atom stereocenters. The maximum absolute atomic E-state index is 12.1. The normalized spacial score (nSPS) is 10.7. The predicted octanol–water partition coefficient (Wildman–Crippen LogP) is 5.69. The summed E-state index contributed by atoms with van der Waals surface area (Å²) in [6.07, 6.45) is 2.68. The van der Waals surface area contributed by atoms with Crippen LogP contribution in [0.3, 0.4) is 0 Å². The molecular formula is C20H13Cl2N3O4S. The zero-order valence-corrected chi connectivity index (χ0v) is 17.4. The molecule has 152 valence electrons. The van der Waals surface area contributed by atoms with Crippen molar-refractivity contribution < 1.29 is 14.1 Å². The van der Waals surface area contributed by atoms with E-state index in [0.29, 0.717) is 27.1 Å². The molecule has 10 heteroatoms. The molecule has 0 spiro atoms. The van der Waals surface area contributed by atoms with Gasteiger partial charge < -0.3 is 9.73 Å². The van der Waals surface area contributed by atoms with Crippen molar-refractivity contribution in [3.05, 3.63) is 86.6 Å². The van der Waals surface area contributed by atoms with Crippen molar-refractivity contribution in [3.63, 3.8) is 0 Å². The van der Waals surface area contributed by atoms with Crippen LogP contribution in [-0.4, -0.2) is 15.9 Å². The van der Waals surface area contributed by atoms with Crippen LogP contribution >= 0.6 is 35.4 Å². The first kappa shape index (κ1) is 21.5. The van der Waals surface area contributed by atoms with Crippen molar-refractivity contribution in [2.45, 2.75) is 0 Å². The molecule has 30 heavy (non-hydrogen) atoms. The van der Waals surface area contributed by atoms with Crippen LogP contribution in [0.5, 0.6) is 0 Å². The van der Waals surface area contributed by atoms with E-state index < -0.39 is 10.8 Å². The second-order valence-electron chi connectivity index (χ2n) is 5.91. The second kappa shape index (κ2) is 9.53. The number of hydrogen-bond acceptors (Lipinski definition) is 5. The number of hydrogen-bond donors (Lipinski definition) is 2. The molecule has 0 aliphatic rings. The van der Waals surface area contributed by atoms with Gasteiger partial charge in [-0.1, -0.05) is 35.3 Å². The van der Waals surface area contributed by atoms with Gasteiger partial charge in [0, 0.05) is 27.8 Å². The van der Waals surface area contributed by atoms with Gasteiger partial charge in [0.2, 0.25) is 5.91 Å². The first-order valence-corrected chi connectivity index (χ1v) is 9.58. The van der Waals surface area contributed by atoms with Gasteiger partial charge >= 0.3 is 0 Å². The molecule has 0 unspecified atom stereocenters. The smallest absolute Gasteiger partial charge is 0.292 e. The van der Waals surface area contributed by atoms with E-state index in [0.717, 1.165) is 0 Å². The Morgan fingerprint density at radius 2 is 1.80 bits per heavy atom. The van der Waals surface area contributed by atoms with E-state index in [-0.39, 0.29) is 16.5 Å². The van der Waals surface area contributed by atoms with Crippen LogP contribution in [0.4, 0.5) is 11.4 Å². The van der Waals surface area contributed by atoms with Crippen molar-refractivity contribution in [1.29, 1.82) is 0 Å². The van der Waals surface area contributed by atoms with Crippen LogP contribution in [-0.2, 0) is 4.79 Å². The summed E-state index contributed by atoms with van der Waals surface area (Å²) >= 11 is 17.0. The molecule has 0 fully saturated rings. The quantitative estimate of drug-likeness (QED) is 0.219. The van der Waals surface area contributed by atoms with E-state index in [1.807, 2.05) is 0 Å². The zero-order chi connectivity index (χ0) is 21.7. The number of furan rings is 1.